The topological polar surface area (TPSA) is 114 Å². The number of carbonyl (C=O) groups excluding carboxylic acids is 2. The molecule has 2 unspecified atom stereocenters. The van der Waals surface area contributed by atoms with E-state index in [0.29, 0.717) is 17.4 Å². The van der Waals surface area contributed by atoms with Crippen molar-refractivity contribution < 1.29 is 9.59 Å². The van der Waals surface area contributed by atoms with Gasteiger partial charge in [0.1, 0.15) is 5.69 Å². The van der Waals surface area contributed by atoms with Crippen LogP contribution in [0.3, 0.4) is 0 Å². The zero-order valence-corrected chi connectivity index (χ0v) is 16.0. The summed E-state index contributed by atoms with van der Waals surface area (Å²) in [5.74, 6) is -0.209. The molecule has 3 amide bonds. The molecule has 27 heavy (non-hydrogen) atoms. The van der Waals surface area contributed by atoms with E-state index in [1.165, 1.54) is 0 Å². The number of primary amides is 1. The predicted molar refractivity (Wildman–Crippen MR) is 106 cm³/mol. The molecule has 0 aliphatic carbocycles. The summed E-state index contributed by atoms with van der Waals surface area (Å²) in [6.07, 6.45) is 4.04. The van der Waals surface area contributed by atoms with Crippen LogP contribution in [0.15, 0.2) is 36.5 Å². The monoisotopic (exact) mass is 392 g/mol. The number of nitrogens with zero attached hydrogens (tertiary/aromatic N) is 2. The van der Waals surface area contributed by atoms with Gasteiger partial charge in [-0.25, -0.2) is 4.79 Å². The number of anilines is 1. The van der Waals surface area contributed by atoms with Gasteiger partial charge in [0.2, 0.25) is 0 Å². The molecule has 2 atom stereocenters. The summed E-state index contributed by atoms with van der Waals surface area (Å²) in [4.78, 5) is 23.3. The lowest BCUT2D eigenvalue weighted by Crippen LogP contribution is -2.32. The van der Waals surface area contributed by atoms with Gasteiger partial charge in [0, 0.05) is 18.4 Å². The smallest absolute Gasteiger partial charge is 0.316 e. The predicted octanol–water partition coefficient (Wildman–Crippen LogP) is 2.21. The molecule has 3 rings (SSSR count). The van der Waals surface area contributed by atoms with Crippen LogP contribution in [-0.4, -0.2) is 34.8 Å². The SMILES string of the molecule is CC(NC(=O)c1ccn(C2CCCNC2)n1)c1ccc(NC(N)=O)cc1.Cl. The highest BCUT2D eigenvalue weighted by Gasteiger charge is 2.19. The first-order valence-corrected chi connectivity index (χ1v) is 8.76. The van der Waals surface area contributed by atoms with E-state index < -0.39 is 6.03 Å². The number of nitrogens with two attached hydrogens (primary N) is 1. The maximum Gasteiger partial charge on any atom is 0.316 e. The normalized spacial score (nSPS) is 17.4. The number of rotatable bonds is 5. The number of hydrogen-bond acceptors (Lipinski definition) is 4. The van der Waals surface area contributed by atoms with Crippen molar-refractivity contribution in [2.24, 2.45) is 5.73 Å². The molecule has 2 aromatic rings. The maximum atomic E-state index is 12.5. The van der Waals surface area contributed by atoms with Gasteiger partial charge in [-0.05, 0) is 50.1 Å². The lowest BCUT2D eigenvalue weighted by molar-refractivity contribution is 0.0933. The van der Waals surface area contributed by atoms with Gasteiger partial charge in [0.25, 0.3) is 5.91 Å². The van der Waals surface area contributed by atoms with E-state index in [0.717, 1.165) is 31.5 Å². The molecule has 8 nitrogen and oxygen atoms in total. The second-order valence-corrected chi connectivity index (χ2v) is 6.49. The summed E-state index contributed by atoms with van der Waals surface area (Å²) >= 11 is 0. The lowest BCUT2D eigenvalue weighted by atomic mass is 10.1. The number of urea groups is 1. The largest absolute Gasteiger partial charge is 0.351 e. The summed E-state index contributed by atoms with van der Waals surface area (Å²) in [7, 11) is 0. The Hall–Kier alpha value is -2.58. The van der Waals surface area contributed by atoms with Crippen molar-refractivity contribution in [1.29, 1.82) is 0 Å². The van der Waals surface area contributed by atoms with E-state index in [-0.39, 0.29) is 24.4 Å². The van der Waals surface area contributed by atoms with E-state index in [9.17, 15) is 9.59 Å². The number of nitrogens with one attached hydrogen (secondary N) is 3. The third-order valence-corrected chi connectivity index (χ3v) is 4.51. The highest BCUT2D eigenvalue weighted by atomic mass is 35.5. The second-order valence-electron chi connectivity index (χ2n) is 6.49. The fourth-order valence-corrected chi connectivity index (χ4v) is 3.07. The van der Waals surface area contributed by atoms with Crippen LogP contribution in [-0.2, 0) is 0 Å². The first kappa shape index (κ1) is 20.7. The molecule has 1 saturated heterocycles. The van der Waals surface area contributed by atoms with Crippen molar-refractivity contribution >= 4 is 30.0 Å². The van der Waals surface area contributed by atoms with Crippen molar-refractivity contribution in [1.82, 2.24) is 20.4 Å². The van der Waals surface area contributed by atoms with Gasteiger partial charge >= 0.3 is 6.03 Å². The van der Waals surface area contributed by atoms with Crippen molar-refractivity contribution in [3.63, 3.8) is 0 Å². The third-order valence-electron chi connectivity index (χ3n) is 4.51. The van der Waals surface area contributed by atoms with Crippen LogP contribution < -0.4 is 21.7 Å². The zero-order chi connectivity index (χ0) is 18.5. The van der Waals surface area contributed by atoms with Gasteiger partial charge in [0.15, 0.2) is 0 Å². The summed E-state index contributed by atoms with van der Waals surface area (Å²) < 4.78 is 1.87. The number of amides is 3. The standard InChI is InChI=1S/C18H24N6O2.ClH/c1-12(13-4-6-14(7-5-13)22-18(19)26)21-17(25)16-8-10-24(23-16)15-3-2-9-20-11-15;/h4-8,10,12,15,20H,2-3,9,11H2,1H3,(H,21,25)(H3,19,22,26);1H. The average Bonchev–Trinajstić information content (AvgIpc) is 3.13. The number of hydrogen-bond donors (Lipinski definition) is 4. The Labute approximate surface area is 164 Å². The van der Waals surface area contributed by atoms with Crippen LogP contribution in [0.5, 0.6) is 0 Å². The molecule has 1 aromatic carbocycles. The molecular weight excluding hydrogens is 368 g/mol. The zero-order valence-electron chi connectivity index (χ0n) is 15.1. The molecule has 0 saturated carbocycles. The summed E-state index contributed by atoms with van der Waals surface area (Å²) in [5.41, 5.74) is 7.03. The fourth-order valence-electron chi connectivity index (χ4n) is 3.07. The van der Waals surface area contributed by atoms with Gasteiger partial charge in [-0.2, -0.15) is 5.10 Å². The van der Waals surface area contributed by atoms with Gasteiger partial charge in [0.05, 0.1) is 12.1 Å². The number of carbonyl (C=O) groups is 2. The Morgan fingerprint density at radius 2 is 2.04 bits per heavy atom. The van der Waals surface area contributed by atoms with Gasteiger partial charge < -0.3 is 21.7 Å². The lowest BCUT2D eigenvalue weighted by Gasteiger charge is -2.22. The highest BCUT2D eigenvalue weighted by Crippen LogP contribution is 2.18. The molecule has 0 radical (unpaired) electrons. The molecule has 1 fully saturated rings. The van der Waals surface area contributed by atoms with E-state index in [4.69, 9.17) is 5.73 Å². The summed E-state index contributed by atoms with van der Waals surface area (Å²) in [6.45, 7) is 3.82. The Kier molecular flexibility index (Phi) is 7.20. The first-order chi connectivity index (χ1) is 12.5. The maximum absolute atomic E-state index is 12.5. The van der Waals surface area contributed by atoms with Crippen LogP contribution in [0.2, 0.25) is 0 Å². The number of aromatic nitrogens is 2. The van der Waals surface area contributed by atoms with Crippen molar-refractivity contribution in [3.05, 3.63) is 47.8 Å². The van der Waals surface area contributed by atoms with Gasteiger partial charge in [-0.1, -0.05) is 12.1 Å². The van der Waals surface area contributed by atoms with Crippen molar-refractivity contribution in [2.75, 3.05) is 18.4 Å². The molecule has 1 aliphatic rings. The van der Waals surface area contributed by atoms with Crippen LogP contribution in [0.1, 0.15) is 47.9 Å². The summed E-state index contributed by atoms with van der Waals surface area (Å²) in [6, 6.07) is 8.41. The van der Waals surface area contributed by atoms with Crippen LogP contribution in [0.25, 0.3) is 0 Å². The van der Waals surface area contributed by atoms with Crippen LogP contribution in [0.4, 0.5) is 10.5 Å². The minimum Gasteiger partial charge on any atom is -0.351 e. The summed E-state index contributed by atoms with van der Waals surface area (Å²) in [5, 5.41) is 13.2. The molecule has 146 valence electrons. The van der Waals surface area contributed by atoms with E-state index in [1.54, 1.807) is 18.2 Å². The molecule has 5 N–H and O–H groups in total. The molecule has 9 heteroatoms. The van der Waals surface area contributed by atoms with E-state index in [1.807, 2.05) is 29.9 Å². The average molecular weight is 393 g/mol. The van der Waals surface area contributed by atoms with Gasteiger partial charge in [-0.15, -0.1) is 12.4 Å². The van der Waals surface area contributed by atoms with Gasteiger partial charge in [-0.3, -0.25) is 9.48 Å². The minimum atomic E-state index is -0.608. The van der Waals surface area contributed by atoms with Crippen LogP contribution >= 0.6 is 12.4 Å². The van der Waals surface area contributed by atoms with E-state index >= 15 is 0 Å². The van der Waals surface area contributed by atoms with E-state index in [2.05, 4.69) is 21.0 Å². The Bertz CT molecular complexity index is 770. The Morgan fingerprint density at radius 3 is 2.67 bits per heavy atom. The first-order valence-electron chi connectivity index (χ1n) is 8.76. The minimum absolute atomic E-state index is 0. The fraction of sp³-hybridized carbons (Fsp3) is 0.389. The molecule has 1 aliphatic heterocycles. The Balaban J connectivity index is 0.00000261. The Morgan fingerprint density at radius 1 is 1.30 bits per heavy atom. The molecule has 1 aromatic heterocycles. The second kappa shape index (κ2) is 9.38. The molecular formula is C18H25ClN6O2. The quantitative estimate of drug-likeness (QED) is 0.624. The number of benzene rings is 1. The van der Waals surface area contributed by atoms with Crippen molar-refractivity contribution in [2.45, 2.75) is 31.8 Å². The third kappa shape index (κ3) is 5.45. The number of halogens is 1. The van der Waals surface area contributed by atoms with Crippen molar-refractivity contribution in [3.8, 4) is 0 Å². The number of piperidine rings is 1. The molecule has 2 heterocycles. The van der Waals surface area contributed by atoms with Crippen LogP contribution in [0, 0.1) is 0 Å². The highest BCUT2D eigenvalue weighted by molar-refractivity contribution is 5.92. The molecule has 0 bridgehead atoms. The molecule has 0 spiro atoms.